The summed E-state index contributed by atoms with van der Waals surface area (Å²) >= 11 is 2.23. The van der Waals surface area contributed by atoms with E-state index in [1.807, 2.05) is 42.5 Å². The summed E-state index contributed by atoms with van der Waals surface area (Å²) in [7, 11) is 0. The molecule has 0 heterocycles. The number of para-hydroxylation sites is 1. The van der Waals surface area contributed by atoms with Gasteiger partial charge in [-0.1, -0.05) is 32.0 Å². The molecule has 0 bridgehead atoms. The Labute approximate surface area is 133 Å². The highest BCUT2D eigenvalue weighted by atomic mass is 127. The molecule has 1 unspecified atom stereocenters. The fraction of sp³-hybridized carbons (Fsp3) is 0.235. The molecule has 3 heteroatoms. The Hall–Kier alpha value is -1.36. The Morgan fingerprint density at radius 2 is 1.80 bits per heavy atom. The molecule has 0 saturated heterocycles. The number of carbonyl (C=O) groups is 1. The van der Waals surface area contributed by atoms with Crippen LogP contribution in [0.15, 0.2) is 48.5 Å². The number of nitrogens with one attached hydrogen (secondary N) is 1. The highest BCUT2D eigenvalue weighted by Gasteiger charge is 2.12. The van der Waals surface area contributed by atoms with E-state index in [9.17, 15) is 4.79 Å². The number of rotatable bonds is 4. The second-order valence-electron chi connectivity index (χ2n) is 4.86. The minimum absolute atomic E-state index is 0.0582. The van der Waals surface area contributed by atoms with Crippen molar-refractivity contribution in [2.75, 3.05) is 5.32 Å². The van der Waals surface area contributed by atoms with Crippen molar-refractivity contribution in [1.82, 2.24) is 0 Å². The topological polar surface area (TPSA) is 29.1 Å². The van der Waals surface area contributed by atoms with Crippen molar-refractivity contribution in [1.29, 1.82) is 0 Å². The van der Waals surface area contributed by atoms with Crippen molar-refractivity contribution in [2.45, 2.75) is 26.2 Å². The van der Waals surface area contributed by atoms with Crippen LogP contribution >= 0.6 is 22.6 Å². The van der Waals surface area contributed by atoms with E-state index in [1.165, 1.54) is 5.56 Å². The fourth-order valence-corrected chi connectivity index (χ4v) is 2.42. The number of carbonyl (C=O) groups excluding carboxylic acids is 1. The van der Waals surface area contributed by atoms with E-state index >= 15 is 0 Å². The number of hydrogen-bond acceptors (Lipinski definition) is 1. The molecule has 1 N–H and O–H groups in total. The molecule has 0 radical (unpaired) electrons. The van der Waals surface area contributed by atoms with Gasteiger partial charge in [-0.3, -0.25) is 4.79 Å². The lowest BCUT2D eigenvalue weighted by Gasteiger charge is -2.15. The lowest BCUT2D eigenvalue weighted by atomic mass is 9.97. The Morgan fingerprint density at radius 3 is 2.45 bits per heavy atom. The van der Waals surface area contributed by atoms with E-state index in [-0.39, 0.29) is 5.91 Å². The predicted molar refractivity (Wildman–Crippen MR) is 92.3 cm³/mol. The Kier molecular flexibility index (Phi) is 5.17. The van der Waals surface area contributed by atoms with Crippen molar-refractivity contribution in [3.63, 3.8) is 0 Å². The standard InChI is InChI=1S/C17H18INO/c1-3-12(2)15-6-4-5-7-16(15)19-17(20)13-8-10-14(18)11-9-13/h4-12H,3H2,1-2H3,(H,19,20). The zero-order chi connectivity index (χ0) is 14.5. The normalized spacial score (nSPS) is 11.9. The molecule has 2 nitrogen and oxygen atoms in total. The molecular weight excluding hydrogens is 361 g/mol. The molecule has 0 aliphatic heterocycles. The molecule has 2 aromatic carbocycles. The van der Waals surface area contributed by atoms with Gasteiger partial charge in [-0.2, -0.15) is 0 Å². The molecule has 0 aromatic heterocycles. The maximum Gasteiger partial charge on any atom is 0.255 e. The Bertz CT molecular complexity index is 592. The molecule has 0 aliphatic rings. The number of amides is 1. The molecule has 20 heavy (non-hydrogen) atoms. The smallest absolute Gasteiger partial charge is 0.255 e. The van der Waals surface area contributed by atoms with E-state index in [0.29, 0.717) is 11.5 Å². The maximum absolute atomic E-state index is 12.3. The molecule has 0 fully saturated rings. The van der Waals surface area contributed by atoms with Gasteiger partial charge >= 0.3 is 0 Å². The molecule has 0 spiro atoms. The van der Waals surface area contributed by atoms with Crippen LogP contribution < -0.4 is 5.32 Å². The van der Waals surface area contributed by atoms with Crippen molar-refractivity contribution < 1.29 is 4.79 Å². The van der Waals surface area contributed by atoms with E-state index in [1.54, 1.807) is 0 Å². The summed E-state index contributed by atoms with van der Waals surface area (Å²) in [5, 5.41) is 3.02. The van der Waals surface area contributed by atoms with Gasteiger partial charge in [0.25, 0.3) is 5.91 Å². The maximum atomic E-state index is 12.3. The van der Waals surface area contributed by atoms with Crippen LogP contribution in [0.25, 0.3) is 0 Å². The van der Waals surface area contributed by atoms with Gasteiger partial charge < -0.3 is 5.32 Å². The molecule has 2 rings (SSSR count). The minimum atomic E-state index is -0.0582. The predicted octanol–water partition coefficient (Wildman–Crippen LogP) is 5.06. The zero-order valence-corrected chi connectivity index (χ0v) is 13.8. The Balaban J connectivity index is 2.21. The Morgan fingerprint density at radius 1 is 1.15 bits per heavy atom. The number of halogens is 1. The summed E-state index contributed by atoms with van der Waals surface area (Å²) in [5.41, 5.74) is 2.78. The number of benzene rings is 2. The van der Waals surface area contributed by atoms with Crippen LogP contribution in [0, 0.1) is 3.57 Å². The van der Waals surface area contributed by atoms with E-state index in [0.717, 1.165) is 15.7 Å². The third-order valence-corrected chi connectivity index (χ3v) is 4.18. The highest BCUT2D eigenvalue weighted by molar-refractivity contribution is 14.1. The first-order chi connectivity index (χ1) is 9.61. The van der Waals surface area contributed by atoms with Crippen LogP contribution in [-0.2, 0) is 0 Å². The lowest BCUT2D eigenvalue weighted by molar-refractivity contribution is 0.102. The van der Waals surface area contributed by atoms with Gasteiger partial charge in [0.05, 0.1) is 0 Å². The van der Waals surface area contributed by atoms with Crippen molar-refractivity contribution in [3.05, 3.63) is 63.2 Å². The van der Waals surface area contributed by atoms with E-state index in [4.69, 9.17) is 0 Å². The van der Waals surface area contributed by atoms with Gasteiger partial charge in [-0.25, -0.2) is 0 Å². The first kappa shape index (κ1) is 15.0. The van der Waals surface area contributed by atoms with Crippen LogP contribution in [0.1, 0.15) is 42.1 Å². The van der Waals surface area contributed by atoms with Crippen molar-refractivity contribution in [3.8, 4) is 0 Å². The lowest BCUT2D eigenvalue weighted by Crippen LogP contribution is -2.13. The van der Waals surface area contributed by atoms with Gasteiger partial charge in [-0.05, 0) is 70.8 Å². The molecule has 1 atom stereocenters. The third kappa shape index (κ3) is 3.60. The summed E-state index contributed by atoms with van der Waals surface area (Å²) in [6.07, 6.45) is 1.05. The fourth-order valence-electron chi connectivity index (χ4n) is 2.06. The van der Waals surface area contributed by atoms with Crippen molar-refractivity contribution >= 4 is 34.2 Å². The van der Waals surface area contributed by atoms with Gasteiger partial charge in [-0.15, -0.1) is 0 Å². The van der Waals surface area contributed by atoms with Gasteiger partial charge in [0.15, 0.2) is 0 Å². The van der Waals surface area contributed by atoms with Gasteiger partial charge in [0, 0.05) is 14.8 Å². The highest BCUT2D eigenvalue weighted by Crippen LogP contribution is 2.26. The first-order valence-corrected chi connectivity index (χ1v) is 7.85. The SMILES string of the molecule is CCC(C)c1ccccc1NC(=O)c1ccc(I)cc1. The van der Waals surface area contributed by atoms with Crippen LogP contribution in [0.3, 0.4) is 0 Å². The summed E-state index contributed by atoms with van der Waals surface area (Å²) in [6, 6.07) is 15.6. The van der Waals surface area contributed by atoms with E-state index < -0.39 is 0 Å². The molecule has 0 saturated carbocycles. The van der Waals surface area contributed by atoms with Crippen LogP contribution in [-0.4, -0.2) is 5.91 Å². The van der Waals surface area contributed by atoms with Gasteiger partial charge in [0.2, 0.25) is 0 Å². The second-order valence-corrected chi connectivity index (χ2v) is 6.10. The largest absolute Gasteiger partial charge is 0.322 e. The zero-order valence-electron chi connectivity index (χ0n) is 11.7. The summed E-state index contributed by atoms with van der Waals surface area (Å²) < 4.78 is 1.12. The number of hydrogen-bond donors (Lipinski definition) is 1. The number of anilines is 1. The molecule has 1 amide bonds. The first-order valence-electron chi connectivity index (χ1n) is 6.77. The quantitative estimate of drug-likeness (QED) is 0.740. The molecule has 0 aliphatic carbocycles. The van der Waals surface area contributed by atoms with Crippen LogP contribution in [0.4, 0.5) is 5.69 Å². The summed E-state index contributed by atoms with van der Waals surface area (Å²) in [4.78, 5) is 12.3. The molecular formula is C17H18INO. The van der Waals surface area contributed by atoms with E-state index in [2.05, 4.69) is 47.8 Å². The average molecular weight is 379 g/mol. The average Bonchev–Trinajstić information content (AvgIpc) is 2.47. The van der Waals surface area contributed by atoms with Gasteiger partial charge in [0.1, 0.15) is 0 Å². The minimum Gasteiger partial charge on any atom is -0.322 e. The summed E-state index contributed by atoms with van der Waals surface area (Å²) in [6.45, 7) is 4.33. The molecule has 104 valence electrons. The van der Waals surface area contributed by atoms with Crippen LogP contribution in [0.5, 0.6) is 0 Å². The van der Waals surface area contributed by atoms with Crippen molar-refractivity contribution in [2.24, 2.45) is 0 Å². The molecule has 2 aromatic rings. The third-order valence-electron chi connectivity index (χ3n) is 3.46. The second kappa shape index (κ2) is 6.88. The summed E-state index contributed by atoms with van der Waals surface area (Å²) in [5.74, 6) is 0.375. The van der Waals surface area contributed by atoms with Crippen LogP contribution in [0.2, 0.25) is 0 Å². The monoisotopic (exact) mass is 379 g/mol.